The summed E-state index contributed by atoms with van der Waals surface area (Å²) < 4.78 is 5.75. The Morgan fingerprint density at radius 2 is 2.09 bits per heavy atom. The number of hydrogen-bond donors (Lipinski definition) is 0. The molecule has 0 N–H and O–H groups in total. The van der Waals surface area contributed by atoms with E-state index in [1.54, 1.807) is 14.0 Å². The normalized spacial score (nSPS) is 20.4. The van der Waals surface area contributed by atoms with Gasteiger partial charge in [0.05, 0.1) is 11.7 Å². The molecule has 1 fully saturated rings. The summed E-state index contributed by atoms with van der Waals surface area (Å²) in [7, 11) is 1.70. The predicted molar refractivity (Wildman–Crippen MR) is 109 cm³/mol. The fraction of sp³-hybridized carbons (Fsp3) is 0.471. The van der Waals surface area contributed by atoms with Crippen molar-refractivity contribution >= 4 is 52.2 Å². The molecule has 23 heavy (non-hydrogen) atoms. The monoisotopic (exact) mass is 386 g/mol. The van der Waals surface area contributed by atoms with Crippen LogP contribution in [0.1, 0.15) is 17.1 Å². The topological polar surface area (TPSA) is 26.3 Å². The Labute approximate surface area is 156 Å². The highest BCUT2D eigenvalue weighted by molar-refractivity contribution is 8.20. The number of thioether (sulfide) groups is 4. The molecular formula is C17H22O2S4. The quantitative estimate of drug-likeness (QED) is 0.455. The summed E-state index contributed by atoms with van der Waals surface area (Å²) in [6.07, 6.45) is 0. The number of ether oxygens (including phenoxy) is 1. The van der Waals surface area contributed by atoms with Crippen LogP contribution in [0.15, 0.2) is 36.4 Å². The summed E-state index contributed by atoms with van der Waals surface area (Å²) in [6.45, 7) is 5.45. The third-order valence-corrected chi connectivity index (χ3v) is 9.23. The second kappa shape index (κ2) is 9.97. The lowest BCUT2D eigenvalue weighted by Gasteiger charge is -2.11. The molecule has 2 unspecified atom stereocenters. The Hall–Kier alpha value is -0.170. The first-order valence-corrected chi connectivity index (χ1v) is 11.5. The van der Waals surface area contributed by atoms with Crippen LogP contribution in [0.5, 0.6) is 5.75 Å². The average Bonchev–Trinajstić information content (AvgIpc) is 3.03. The lowest BCUT2D eigenvalue weighted by Crippen LogP contribution is -2.06. The van der Waals surface area contributed by atoms with E-state index < -0.39 is 0 Å². The van der Waals surface area contributed by atoms with Gasteiger partial charge in [-0.05, 0) is 30.2 Å². The second-order valence-electron chi connectivity index (χ2n) is 5.19. The van der Waals surface area contributed by atoms with Crippen molar-refractivity contribution in [3.8, 4) is 5.75 Å². The maximum Gasteiger partial charge on any atom is 0.214 e. The summed E-state index contributed by atoms with van der Waals surface area (Å²) in [6, 6.07) is 8.40. The van der Waals surface area contributed by atoms with E-state index in [0.29, 0.717) is 15.4 Å². The van der Waals surface area contributed by atoms with Crippen LogP contribution in [0.25, 0.3) is 0 Å². The first kappa shape index (κ1) is 19.2. The number of carbonyl (C=O) groups is 1. The minimum atomic E-state index is 0.121. The molecule has 0 saturated carbocycles. The van der Waals surface area contributed by atoms with E-state index in [2.05, 4.69) is 30.5 Å². The van der Waals surface area contributed by atoms with Crippen molar-refractivity contribution in [1.29, 1.82) is 0 Å². The van der Waals surface area contributed by atoms with Crippen molar-refractivity contribution in [2.45, 2.75) is 16.8 Å². The van der Waals surface area contributed by atoms with Gasteiger partial charge in [0.2, 0.25) is 5.12 Å². The van der Waals surface area contributed by atoms with Gasteiger partial charge in [-0.1, -0.05) is 30.5 Å². The molecule has 1 aromatic rings. The molecule has 1 saturated heterocycles. The number of benzene rings is 1. The summed E-state index contributed by atoms with van der Waals surface area (Å²) in [5.74, 6) is 5.18. The summed E-state index contributed by atoms with van der Waals surface area (Å²) in [5, 5.41) is 0.815. The van der Waals surface area contributed by atoms with Crippen LogP contribution >= 0.6 is 47.0 Å². The van der Waals surface area contributed by atoms with Gasteiger partial charge in [-0.3, -0.25) is 4.79 Å². The van der Waals surface area contributed by atoms with E-state index in [9.17, 15) is 4.79 Å². The Morgan fingerprint density at radius 1 is 1.35 bits per heavy atom. The lowest BCUT2D eigenvalue weighted by atomic mass is 10.2. The maximum atomic E-state index is 11.4. The molecule has 0 bridgehead atoms. The van der Waals surface area contributed by atoms with Gasteiger partial charge in [-0.25, -0.2) is 0 Å². The van der Waals surface area contributed by atoms with Gasteiger partial charge >= 0.3 is 0 Å². The molecule has 0 amide bonds. The predicted octanol–water partition coefficient (Wildman–Crippen LogP) is 5.11. The summed E-state index contributed by atoms with van der Waals surface area (Å²) in [5.41, 5.74) is 2.01. The van der Waals surface area contributed by atoms with Crippen molar-refractivity contribution in [2.75, 3.05) is 30.1 Å². The zero-order valence-electron chi connectivity index (χ0n) is 13.4. The van der Waals surface area contributed by atoms with Crippen molar-refractivity contribution in [3.63, 3.8) is 0 Å². The number of carbonyl (C=O) groups excluding carboxylic acids is 1. The van der Waals surface area contributed by atoms with Crippen LogP contribution in [0.2, 0.25) is 0 Å². The first-order valence-electron chi connectivity index (χ1n) is 7.41. The number of hydrogen-bond acceptors (Lipinski definition) is 6. The van der Waals surface area contributed by atoms with Crippen LogP contribution in [0.3, 0.4) is 0 Å². The third-order valence-electron chi connectivity index (χ3n) is 3.25. The number of methoxy groups -OCH3 is 1. The van der Waals surface area contributed by atoms with Gasteiger partial charge in [0.15, 0.2) is 0 Å². The zero-order valence-corrected chi connectivity index (χ0v) is 16.7. The minimum Gasteiger partial charge on any atom is -0.497 e. The van der Waals surface area contributed by atoms with E-state index >= 15 is 0 Å². The van der Waals surface area contributed by atoms with Crippen molar-refractivity contribution < 1.29 is 9.53 Å². The molecule has 2 rings (SSSR count). The molecular weight excluding hydrogens is 364 g/mol. The minimum absolute atomic E-state index is 0.121. The molecule has 126 valence electrons. The van der Waals surface area contributed by atoms with Crippen molar-refractivity contribution in [2.24, 2.45) is 0 Å². The van der Waals surface area contributed by atoms with Gasteiger partial charge < -0.3 is 4.74 Å². The SMILES string of the molecule is C=C(C)C(=O)SCCSCC1CSC(c2ccc(OC)cc2)S1. The van der Waals surface area contributed by atoms with Gasteiger partial charge in [-0.15, -0.1) is 23.5 Å². The molecule has 1 aliphatic rings. The second-order valence-corrected chi connectivity index (χ2v) is 10.3. The maximum absolute atomic E-state index is 11.4. The van der Waals surface area contributed by atoms with E-state index in [0.717, 1.165) is 23.0 Å². The lowest BCUT2D eigenvalue weighted by molar-refractivity contribution is -0.107. The molecule has 0 aliphatic carbocycles. The van der Waals surface area contributed by atoms with Crippen LogP contribution in [-0.4, -0.2) is 40.5 Å². The molecule has 1 aliphatic heterocycles. The standard InChI is InChI=1S/C17H22O2S4/c1-12(2)16(18)21-9-8-20-10-15-11-22-17(23-15)13-4-6-14(19-3)7-5-13/h4-7,15,17H,1,8-11H2,2-3H3. The van der Waals surface area contributed by atoms with E-state index in [4.69, 9.17) is 4.74 Å². The largest absolute Gasteiger partial charge is 0.497 e. The molecule has 2 atom stereocenters. The molecule has 0 radical (unpaired) electrons. The van der Waals surface area contributed by atoms with Crippen molar-refractivity contribution in [1.82, 2.24) is 0 Å². The zero-order chi connectivity index (χ0) is 16.7. The molecule has 2 nitrogen and oxygen atoms in total. The molecule has 6 heteroatoms. The van der Waals surface area contributed by atoms with E-state index in [-0.39, 0.29) is 5.12 Å². The molecule has 0 spiro atoms. The van der Waals surface area contributed by atoms with E-state index in [1.807, 2.05) is 35.7 Å². The third kappa shape index (κ3) is 6.33. The fourth-order valence-corrected chi connectivity index (χ4v) is 7.63. The Balaban J connectivity index is 1.65. The summed E-state index contributed by atoms with van der Waals surface area (Å²) >= 11 is 7.42. The van der Waals surface area contributed by atoms with Crippen LogP contribution in [0.4, 0.5) is 0 Å². The molecule has 1 heterocycles. The van der Waals surface area contributed by atoms with E-state index in [1.165, 1.54) is 23.1 Å². The smallest absolute Gasteiger partial charge is 0.214 e. The van der Waals surface area contributed by atoms with Gasteiger partial charge in [0.25, 0.3) is 0 Å². The Bertz CT molecular complexity index is 530. The first-order chi connectivity index (χ1) is 11.1. The van der Waals surface area contributed by atoms with Gasteiger partial charge in [-0.2, -0.15) is 11.8 Å². The highest BCUT2D eigenvalue weighted by Gasteiger charge is 2.27. The summed E-state index contributed by atoms with van der Waals surface area (Å²) in [4.78, 5) is 11.4. The van der Waals surface area contributed by atoms with Gasteiger partial charge in [0.1, 0.15) is 5.75 Å². The Morgan fingerprint density at radius 3 is 2.74 bits per heavy atom. The Kier molecular flexibility index (Phi) is 8.30. The fourth-order valence-electron chi connectivity index (χ4n) is 2.00. The molecule has 1 aromatic carbocycles. The highest BCUT2D eigenvalue weighted by atomic mass is 32.2. The van der Waals surface area contributed by atoms with Crippen LogP contribution in [-0.2, 0) is 4.79 Å². The van der Waals surface area contributed by atoms with Crippen LogP contribution in [0, 0.1) is 0 Å². The highest BCUT2D eigenvalue weighted by Crippen LogP contribution is 2.50. The van der Waals surface area contributed by atoms with Gasteiger partial charge in [0, 0.05) is 28.3 Å². The molecule has 0 aromatic heterocycles. The van der Waals surface area contributed by atoms with Crippen molar-refractivity contribution in [3.05, 3.63) is 42.0 Å². The number of rotatable bonds is 8. The average molecular weight is 387 g/mol. The van der Waals surface area contributed by atoms with Crippen LogP contribution < -0.4 is 4.74 Å².